The predicted molar refractivity (Wildman–Crippen MR) is 107 cm³/mol. The van der Waals surface area contributed by atoms with Crippen LogP contribution in [0.4, 0.5) is 0 Å². The van der Waals surface area contributed by atoms with Gasteiger partial charge in [0.05, 0.1) is 22.8 Å². The van der Waals surface area contributed by atoms with Crippen LogP contribution in [-0.2, 0) is 13.1 Å². The lowest BCUT2D eigenvalue weighted by Crippen LogP contribution is -2.17. The monoisotopic (exact) mass is 362 g/mol. The second-order valence-corrected chi connectivity index (χ2v) is 6.82. The van der Waals surface area contributed by atoms with Crippen molar-refractivity contribution in [3.8, 4) is 11.6 Å². The van der Waals surface area contributed by atoms with Crippen molar-refractivity contribution in [2.75, 3.05) is 0 Å². The van der Waals surface area contributed by atoms with Gasteiger partial charge in [-0.2, -0.15) is 0 Å². The van der Waals surface area contributed by atoms with E-state index < -0.39 is 0 Å². The molecule has 5 nitrogen and oxygen atoms in total. The molecule has 2 aromatic heterocycles. The van der Waals surface area contributed by atoms with Gasteiger partial charge in [0.2, 0.25) is 5.88 Å². The van der Waals surface area contributed by atoms with Gasteiger partial charge in [0.15, 0.2) is 0 Å². The van der Waals surface area contributed by atoms with Crippen molar-refractivity contribution in [1.29, 1.82) is 0 Å². The number of ether oxygens (including phenoxy) is 1. The minimum atomic E-state index is 0.630. The average molecular weight is 362 g/mol. The van der Waals surface area contributed by atoms with Crippen molar-refractivity contribution in [2.45, 2.75) is 47.7 Å². The van der Waals surface area contributed by atoms with Crippen molar-refractivity contribution >= 4 is 0 Å². The Labute approximate surface area is 160 Å². The summed E-state index contributed by atoms with van der Waals surface area (Å²) in [7, 11) is 0. The van der Waals surface area contributed by atoms with Crippen LogP contribution in [0.3, 0.4) is 0 Å². The summed E-state index contributed by atoms with van der Waals surface area (Å²) in [6.07, 6.45) is 1.76. The van der Waals surface area contributed by atoms with Crippen LogP contribution in [0.25, 0.3) is 0 Å². The number of aryl methyl sites for hydroxylation is 5. The molecule has 0 unspecified atom stereocenters. The third kappa shape index (κ3) is 4.49. The zero-order chi connectivity index (χ0) is 19.4. The third-order valence-corrected chi connectivity index (χ3v) is 4.64. The first-order valence-electron chi connectivity index (χ1n) is 9.15. The topological polar surface area (TPSA) is 59.9 Å². The van der Waals surface area contributed by atoms with E-state index in [4.69, 9.17) is 4.74 Å². The Kier molecular flexibility index (Phi) is 5.81. The fourth-order valence-corrected chi connectivity index (χ4v) is 2.95. The summed E-state index contributed by atoms with van der Waals surface area (Å²) in [5, 5.41) is 3.44. The molecule has 0 atom stereocenters. The van der Waals surface area contributed by atoms with Gasteiger partial charge >= 0.3 is 0 Å². The van der Waals surface area contributed by atoms with E-state index in [0.717, 1.165) is 45.2 Å². The number of rotatable bonds is 6. The molecule has 0 fully saturated rings. The van der Waals surface area contributed by atoms with E-state index >= 15 is 0 Å². The molecule has 3 aromatic rings. The van der Waals surface area contributed by atoms with E-state index in [-0.39, 0.29) is 0 Å². The highest BCUT2D eigenvalue weighted by molar-refractivity contribution is 5.43. The normalized spacial score (nSPS) is 10.9. The van der Waals surface area contributed by atoms with Crippen molar-refractivity contribution < 1.29 is 4.74 Å². The summed E-state index contributed by atoms with van der Waals surface area (Å²) in [5.41, 5.74) is 7.09. The van der Waals surface area contributed by atoms with Gasteiger partial charge in [-0.15, -0.1) is 0 Å². The first-order valence-corrected chi connectivity index (χ1v) is 9.15. The van der Waals surface area contributed by atoms with Gasteiger partial charge in [-0.3, -0.25) is 9.97 Å². The van der Waals surface area contributed by atoms with E-state index in [2.05, 4.69) is 20.3 Å². The smallest absolute Gasteiger partial charge is 0.223 e. The molecule has 0 saturated carbocycles. The molecule has 0 saturated heterocycles. The SMILES string of the molecule is Cc1cccc(C)c1Oc1ncccc1CNCc1nc(C)c(C)nc1C. The Bertz CT molecular complexity index is 933. The van der Waals surface area contributed by atoms with Crippen molar-refractivity contribution in [3.63, 3.8) is 0 Å². The maximum Gasteiger partial charge on any atom is 0.223 e. The van der Waals surface area contributed by atoms with Crippen LogP contribution in [0.1, 0.15) is 39.5 Å². The molecule has 2 heterocycles. The highest BCUT2D eigenvalue weighted by Crippen LogP contribution is 2.29. The van der Waals surface area contributed by atoms with E-state index in [1.807, 2.05) is 65.0 Å². The van der Waals surface area contributed by atoms with Gasteiger partial charge in [0, 0.05) is 24.8 Å². The highest BCUT2D eigenvalue weighted by Gasteiger charge is 2.11. The van der Waals surface area contributed by atoms with Crippen molar-refractivity contribution in [3.05, 3.63) is 76.0 Å². The number of hydrogen-bond acceptors (Lipinski definition) is 5. The molecular formula is C22H26N4O. The summed E-state index contributed by atoms with van der Waals surface area (Å²) in [6.45, 7) is 11.4. The first-order chi connectivity index (χ1) is 13.0. The van der Waals surface area contributed by atoms with Crippen LogP contribution < -0.4 is 10.1 Å². The molecule has 3 rings (SSSR count). The van der Waals surface area contributed by atoms with Crippen molar-refractivity contribution in [2.24, 2.45) is 0 Å². The zero-order valence-electron chi connectivity index (χ0n) is 16.6. The molecule has 27 heavy (non-hydrogen) atoms. The standard InChI is InChI=1S/C22H26N4O/c1-14-8-6-9-15(2)21(14)27-22-19(10-7-11-24-22)12-23-13-20-18(5)25-16(3)17(4)26-20/h6-11,23H,12-13H2,1-5H3. The van der Waals surface area contributed by atoms with E-state index in [0.29, 0.717) is 19.0 Å². The van der Waals surface area contributed by atoms with Crippen LogP contribution >= 0.6 is 0 Å². The minimum Gasteiger partial charge on any atom is -0.438 e. The molecule has 0 spiro atoms. The lowest BCUT2D eigenvalue weighted by molar-refractivity contribution is 0.446. The van der Waals surface area contributed by atoms with Crippen LogP contribution in [0.5, 0.6) is 11.6 Å². The molecule has 0 aliphatic carbocycles. The molecule has 0 amide bonds. The fraction of sp³-hybridized carbons (Fsp3) is 0.318. The van der Waals surface area contributed by atoms with Gasteiger partial charge in [0.25, 0.3) is 0 Å². The lowest BCUT2D eigenvalue weighted by atomic mass is 10.1. The van der Waals surface area contributed by atoms with Crippen LogP contribution in [0.2, 0.25) is 0 Å². The summed E-state index contributed by atoms with van der Waals surface area (Å²) < 4.78 is 6.15. The third-order valence-electron chi connectivity index (χ3n) is 4.64. The number of para-hydroxylation sites is 1. The Morgan fingerprint density at radius 1 is 0.815 bits per heavy atom. The number of aromatic nitrogens is 3. The van der Waals surface area contributed by atoms with E-state index in [1.165, 1.54) is 0 Å². The maximum atomic E-state index is 6.15. The maximum absolute atomic E-state index is 6.15. The van der Waals surface area contributed by atoms with Gasteiger partial charge in [-0.25, -0.2) is 4.98 Å². The molecule has 140 valence electrons. The lowest BCUT2D eigenvalue weighted by Gasteiger charge is -2.14. The Balaban J connectivity index is 1.73. The largest absolute Gasteiger partial charge is 0.438 e. The van der Waals surface area contributed by atoms with Crippen molar-refractivity contribution in [1.82, 2.24) is 20.3 Å². The Hall–Kier alpha value is -2.79. The Morgan fingerprint density at radius 3 is 2.26 bits per heavy atom. The molecule has 0 aliphatic heterocycles. The predicted octanol–water partition coefficient (Wildman–Crippen LogP) is 4.50. The summed E-state index contributed by atoms with van der Waals surface area (Å²) >= 11 is 0. The van der Waals surface area contributed by atoms with Crippen LogP contribution in [-0.4, -0.2) is 15.0 Å². The Morgan fingerprint density at radius 2 is 1.52 bits per heavy atom. The summed E-state index contributed by atoms with van der Waals surface area (Å²) in [5.74, 6) is 1.50. The molecule has 1 aromatic carbocycles. The van der Waals surface area contributed by atoms with Gasteiger partial charge in [-0.1, -0.05) is 24.3 Å². The van der Waals surface area contributed by atoms with E-state index in [9.17, 15) is 0 Å². The molecule has 0 radical (unpaired) electrons. The fourth-order valence-electron chi connectivity index (χ4n) is 2.95. The average Bonchev–Trinajstić information content (AvgIpc) is 2.63. The number of pyridine rings is 1. The number of benzene rings is 1. The number of nitrogens with one attached hydrogen (secondary N) is 1. The molecule has 1 N–H and O–H groups in total. The highest BCUT2D eigenvalue weighted by atomic mass is 16.5. The summed E-state index contributed by atoms with van der Waals surface area (Å²) in [4.78, 5) is 13.6. The molecule has 0 aliphatic rings. The second kappa shape index (κ2) is 8.27. The molecule has 0 bridgehead atoms. The minimum absolute atomic E-state index is 0.630. The molecule has 5 heteroatoms. The van der Waals surface area contributed by atoms with Gasteiger partial charge in [-0.05, 0) is 51.8 Å². The zero-order valence-corrected chi connectivity index (χ0v) is 16.6. The van der Waals surface area contributed by atoms with Gasteiger partial charge < -0.3 is 10.1 Å². The number of nitrogens with zero attached hydrogens (tertiary/aromatic N) is 3. The van der Waals surface area contributed by atoms with Crippen LogP contribution in [0.15, 0.2) is 36.5 Å². The van der Waals surface area contributed by atoms with Crippen LogP contribution in [0, 0.1) is 34.6 Å². The molecular weight excluding hydrogens is 336 g/mol. The van der Waals surface area contributed by atoms with E-state index in [1.54, 1.807) is 6.20 Å². The summed E-state index contributed by atoms with van der Waals surface area (Å²) in [6, 6.07) is 10.1. The second-order valence-electron chi connectivity index (χ2n) is 6.82. The quantitative estimate of drug-likeness (QED) is 0.700. The number of hydrogen-bond donors (Lipinski definition) is 1. The first kappa shape index (κ1) is 19.0. The van der Waals surface area contributed by atoms with Gasteiger partial charge in [0.1, 0.15) is 5.75 Å².